The Balaban J connectivity index is 2.00. The van der Waals surface area contributed by atoms with Crippen molar-refractivity contribution in [2.75, 3.05) is 12.4 Å². The Morgan fingerprint density at radius 3 is 2.67 bits per heavy atom. The molecule has 3 atom stereocenters. The van der Waals surface area contributed by atoms with Crippen LogP contribution in [0.1, 0.15) is 45.6 Å². The Morgan fingerprint density at radius 2 is 2.10 bits per heavy atom. The van der Waals surface area contributed by atoms with Crippen molar-refractivity contribution >= 4 is 5.69 Å². The van der Waals surface area contributed by atoms with Crippen molar-refractivity contribution in [1.82, 2.24) is 0 Å². The minimum Gasteiger partial charge on any atom is -0.495 e. The molecule has 1 aromatic carbocycles. The predicted molar refractivity (Wildman–Crippen MR) is 84.3 cm³/mol. The molecule has 0 heterocycles. The number of anilines is 1. The second-order valence-corrected chi connectivity index (χ2v) is 7.49. The van der Waals surface area contributed by atoms with Crippen LogP contribution in [-0.4, -0.2) is 13.2 Å². The van der Waals surface area contributed by atoms with Gasteiger partial charge in [-0.25, -0.2) is 0 Å². The molecule has 3 unspecified atom stereocenters. The minimum absolute atomic E-state index is 0.251. The molecule has 1 N–H and O–H groups in total. The number of nitrogens with one attached hydrogen (secondary N) is 1. The molecule has 2 bridgehead atoms. The van der Waals surface area contributed by atoms with Crippen LogP contribution in [-0.2, 0) is 0 Å². The highest BCUT2D eigenvalue weighted by atomic mass is 16.5. The van der Waals surface area contributed by atoms with E-state index < -0.39 is 0 Å². The monoisotopic (exact) mass is 284 g/mol. The Hall–Kier alpha value is -1.69. The van der Waals surface area contributed by atoms with E-state index in [1.54, 1.807) is 7.11 Å². The lowest BCUT2D eigenvalue weighted by molar-refractivity contribution is 0.155. The Kier molecular flexibility index (Phi) is 3.16. The maximum Gasteiger partial charge on any atom is 0.143 e. The van der Waals surface area contributed by atoms with Gasteiger partial charge in [0.2, 0.25) is 0 Å². The molecule has 0 saturated heterocycles. The number of ether oxygens (including phenoxy) is 1. The Labute approximate surface area is 127 Å². The van der Waals surface area contributed by atoms with Gasteiger partial charge in [-0.05, 0) is 48.1 Å². The second kappa shape index (κ2) is 4.66. The van der Waals surface area contributed by atoms with Gasteiger partial charge in [-0.3, -0.25) is 0 Å². The molecule has 0 amide bonds. The van der Waals surface area contributed by atoms with Crippen molar-refractivity contribution in [3.8, 4) is 11.8 Å². The van der Waals surface area contributed by atoms with E-state index in [0.717, 1.165) is 17.4 Å². The van der Waals surface area contributed by atoms with E-state index in [-0.39, 0.29) is 5.41 Å². The van der Waals surface area contributed by atoms with Crippen molar-refractivity contribution in [3.05, 3.63) is 23.8 Å². The highest BCUT2D eigenvalue weighted by Gasteiger charge is 2.59. The molecule has 3 rings (SSSR count). The van der Waals surface area contributed by atoms with E-state index in [0.29, 0.717) is 17.0 Å². The molecule has 0 aromatic heterocycles. The van der Waals surface area contributed by atoms with Crippen LogP contribution in [0.15, 0.2) is 18.2 Å². The number of para-hydroxylation sites is 1. The van der Waals surface area contributed by atoms with E-state index in [2.05, 4.69) is 32.2 Å². The zero-order valence-corrected chi connectivity index (χ0v) is 13.4. The van der Waals surface area contributed by atoms with Crippen LogP contribution < -0.4 is 10.1 Å². The van der Waals surface area contributed by atoms with Crippen LogP contribution in [0.3, 0.4) is 0 Å². The molecule has 112 valence electrons. The Morgan fingerprint density at radius 1 is 1.33 bits per heavy atom. The zero-order valence-electron chi connectivity index (χ0n) is 13.4. The molecule has 21 heavy (non-hydrogen) atoms. The van der Waals surface area contributed by atoms with Crippen LogP contribution in [0, 0.1) is 28.1 Å². The number of methoxy groups -OCH3 is 1. The number of nitriles is 1. The number of fused-ring (bicyclic) bond motifs is 2. The molecule has 2 aliphatic carbocycles. The summed E-state index contributed by atoms with van der Waals surface area (Å²) in [4.78, 5) is 0. The van der Waals surface area contributed by atoms with E-state index in [4.69, 9.17) is 4.74 Å². The van der Waals surface area contributed by atoms with Gasteiger partial charge in [0.25, 0.3) is 0 Å². The third kappa shape index (κ3) is 2.00. The number of hydrogen-bond donors (Lipinski definition) is 1. The lowest BCUT2D eigenvalue weighted by Crippen LogP contribution is -2.46. The van der Waals surface area contributed by atoms with Crippen LogP contribution in [0.25, 0.3) is 0 Å². The molecule has 3 nitrogen and oxygen atoms in total. The molecule has 3 heteroatoms. The first-order chi connectivity index (χ1) is 9.92. The minimum atomic E-state index is 0.251. The largest absolute Gasteiger partial charge is 0.495 e. The van der Waals surface area contributed by atoms with Gasteiger partial charge >= 0.3 is 0 Å². The van der Waals surface area contributed by atoms with E-state index in [1.165, 1.54) is 19.3 Å². The third-order valence-corrected chi connectivity index (χ3v) is 5.93. The summed E-state index contributed by atoms with van der Waals surface area (Å²) in [6, 6.07) is 8.32. The quantitative estimate of drug-likeness (QED) is 0.905. The number of nitrogens with zero attached hydrogens (tertiary/aromatic N) is 1. The smallest absolute Gasteiger partial charge is 0.143 e. The first-order valence-electron chi connectivity index (χ1n) is 7.76. The zero-order chi connectivity index (χ0) is 15.3. The van der Waals surface area contributed by atoms with Crippen LogP contribution in [0.5, 0.6) is 5.75 Å². The summed E-state index contributed by atoms with van der Waals surface area (Å²) in [5, 5.41) is 13.1. The number of hydrogen-bond acceptors (Lipinski definition) is 3. The molecular weight excluding hydrogens is 260 g/mol. The van der Waals surface area contributed by atoms with Crippen LogP contribution >= 0.6 is 0 Å². The first-order valence-corrected chi connectivity index (χ1v) is 7.76. The highest BCUT2D eigenvalue weighted by Crippen LogP contribution is 2.63. The molecule has 2 aliphatic rings. The van der Waals surface area contributed by atoms with Gasteiger partial charge in [0, 0.05) is 6.04 Å². The lowest BCUT2D eigenvalue weighted by Gasteiger charge is -2.44. The van der Waals surface area contributed by atoms with Crippen molar-refractivity contribution in [3.63, 3.8) is 0 Å². The van der Waals surface area contributed by atoms with Crippen molar-refractivity contribution < 1.29 is 4.74 Å². The summed E-state index contributed by atoms with van der Waals surface area (Å²) in [6.07, 6.45) is 3.89. The van der Waals surface area contributed by atoms with Crippen molar-refractivity contribution in [2.45, 2.75) is 46.1 Å². The average Bonchev–Trinajstić information content (AvgIpc) is 2.94. The predicted octanol–water partition coefficient (Wildman–Crippen LogP) is 4.19. The third-order valence-electron chi connectivity index (χ3n) is 5.93. The van der Waals surface area contributed by atoms with Crippen LogP contribution in [0.2, 0.25) is 0 Å². The maximum absolute atomic E-state index is 9.39. The van der Waals surface area contributed by atoms with Gasteiger partial charge in [-0.1, -0.05) is 26.8 Å². The molecule has 2 saturated carbocycles. The molecular formula is C18H24N2O. The van der Waals surface area contributed by atoms with Gasteiger partial charge in [-0.2, -0.15) is 5.26 Å². The molecule has 0 aliphatic heterocycles. The summed E-state index contributed by atoms with van der Waals surface area (Å²) in [5.41, 5.74) is 2.09. The highest BCUT2D eigenvalue weighted by molar-refractivity contribution is 5.67. The van der Waals surface area contributed by atoms with Gasteiger partial charge in [-0.15, -0.1) is 0 Å². The normalized spacial score (nSPS) is 32.7. The number of benzene rings is 1. The summed E-state index contributed by atoms with van der Waals surface area (Å²) in [5.74, 6) is 1.54. The standard InChI is InChI=1S/C18H24N2O/c1-17(2)13-8-9-18(3,10-13)16(17)20-15-12(11-19)6-5-7-14(15)21-4/h5-7,13,16,20H,8-10H2,1-4H3. The van der Waals surface area contributed by atoms with E-state index >= 15 is 0 Å². The first kappa shape index (κ1) is 14.3. The number of rotatable bonds is 3. The summed E-state index contributed by atoms with van der Waals surface area (Å²) in [7, 11) is 1.66. The molecule has 0 spiro atoms. The van der Waals surface area contributed by atoms with Gasteiger partial charge in [0.05, 0.1) is 18.4 Å². The van der Waals surface area contributed by atoms with E-state index in [1.807, 2.05) is 18.2 Å². The fourth-order valence-corrected chi connectivity index (χ4v) is 4.75. The van der Waals surface area contributed by atoms with Gasteiger partial charge in [0.15, 0.2) is 0 Å². The lowest BCUT2D eigenvalue weighted by atomic mass is 9.68. The maximum atomic E-state index is 9.39. The summed E-state index contributed by atoms with van der Waals surface area (Å²) in [6.45, 7) is 7.11. The van der Waals surface area contributed by atoms with E-state index in [9.17, 15) is 5.26 Å². The van der Waals surface area contributed by atoms with Gasteiger partial charge in [0.1, 0.15) is 11.8 Å². The fourth-order valence-electron chi connectivity index (χ4n) is 4.75. The average molecular weight is 284 g/mol. The van der Waals surface area contributed by atoms with Crippen molar-refractivity contribution in [2.24, 2.45) is 16.7 Å². The summed E-state index contributed by atoms with van der Waals surface area (Å²) >= 11 is 0. The van der Waals surface area contributed by atoms with Gasteiger partial charge < -0.3 is 10.1 Å². The second-order valence-electron chi connectivity index (χ2n) is 7.49. The fraction of sp³-hybridized carbons (Fsp3) is 0.611. The van der Waals surface area contributed by atoms with Crippen LogP contribution in [0.4, 0.5) is 5.69 Å². The molecule has 2 fully saturated rings. The SMILES string of the molecule is COc1cccc(C#N)c1NC1C2(C)CCC(C2)C1(C)C. The summed E-state index contributed by atoms with van der Waals surface area (Å²) < 4.78 is 5.47. The molecule has 1 aromatic rings. The Bertz CT molecular complexity index is 597. The topological polar surface area (TPSA) is 45.0 Å². The van der Waals surface area contributed by atoms with Crippen molar-refractivity contribution in [1.29, 1.82) is 5.26 Å². The molecule has 0 radical (unpaired) electrons.